The molecule has 0 aromatic heterocycles. The van der Waals surface area contributed by atoms with Crippen molar-refractivity contribution in [2.75, 3.05) is 25.6 Å². The Kier molecular flexibility index (Phi) is 2.30. The summed E-state index contributed by atoms with van der Waals surface area (Å²) in [7, 11) is 4.22. The summed E-state index contributed by atoms with van der Waals surface area (Å²) in [5.74, 6) is 0. The lowest BCUT2D eigenvalue weighted by atomic mass is 10.1. The number of fused-ring (bicyclic) bond motifs is 1. The quantitative estimate of drug-likeness (QED) is 0.687. The molecule has 0 spiro atoms. The molecule has 1 aromatic carbocycles. The van der Waals surface area contributed by atoms with Crippen LogP contribution in [0.25, 0.3) is 0 Å². The van der Waals surface area contributed by atoms with Gasteiger partial charge in [-0.15, -0.1) is 0 Å². The van der Waals surface area contributed by atoms with Crippen molar-refractivity contribution in [3.05, 3.63) is 28.2 Å². The van der Waals surface area contributed by atoms with Gasteiger partial charge in [0.1, 0.15) is 0 Å². The van der Waals surface area contributed by atoms with Crippen LogP contribution >= 0.6 is 15.9 Å². The monoisotopic (exact) mass is 240 g/mol. The molecule has 0 fully saturated rings. The number of nitrogens with zero attached hydrogens (tertiary/aromatic N) is 2. The molecule has 1 aromatic rings. The van der Waals surface area contributed by atoms with Crippen LogP contribution in [0.4, 0.5) is 5.69 Å². The summed E-state index contributed by atoms with van der Waals surface area (Å²) >= 11 is 3.49. The number of halogens is 1. The Morgan fingerprint density at radius 2 is 2.08 bits per heavy atom. The van der Waals surface area contributed by atoms with Crippen LogP contribution in [-0.2, 0) is 6.42 Å². The maximum atomic E-state index is 3.49. The average molecular weight is 241 g/mol. The van der Waals surface area contributed by atoms with Crippen molar-refractivity contribution in [3.63, 3.8) is 0 Å². The van der Waals surface area contributed by atoms with E-state index < -0.39 is 0 Å². The van der Waals surface area contributed by atoms with E-state index in [9.17, 15) is 0 Å². The van der Waals surface area contributed by atoms with Crippen molar-refractivity contribution in [1.29, 1.82) is 0 Å². The smallest absolute Gasteiger partial charge is 0.0562 e. The Labute approximate surface area is 87.2 Å². The highest BCUT2D eigenvalue weighted by Crippen LogP contribution is 2.28. The third kappa shape index (κ3) is 1.58. The molecule has 0 bridgehead atoms. The van der Waals surface area contributed by atoms with Gasteiger partial charge in [-0.05, 0) is 24.1 Å². The van der Waals surface area contributed by atoms with Crippen molar-refractivity contribution >= 4 is 21.6 Å². The topological polar surface area (TPSA) is 6.48 Å². The Bertz CT molecular complexity index is 325. The lowest BCUT2D eigenvalue weighted by Gasteiger charge is -2.36. The number of hydrogen-bond acceptors (Lipinski definition) is 2. The number of likely N-dealkylation sites (N-methyl/N-ethyl adjacent to an activating group) is 1. The number of benzene rings is 1. The van der Waals surface area contributed by atoms with E-state index in [1.807, 2.05) is 0 Å². The fourth-order valence-electron chi connectivity index (χ4n) is 1.67. The maximum absolute atomic E-state index is 3.49. The largest absolute Gasteiger partial charge is 0.309 e. The van der Waals surface area contributed by atoms with Gasteiger partial charge in [0.15, 0.2) is 0 Å². The Hall–Kier alpha value is -0.540. The predicted molar refractivity (Wildman–Crippen MR) is 58.9 cm³/mol. The predicted octanol–water partition coefficient (Wildman–Crippen LogP) is 2.29. The van der Waals surface area contributed by atoms with E-state index in [2.05, 4.69) is 58.2 Å². The fourth-order valence-corrected chi connectivity index (χ4v) is 2.01. The van der Waals surface area contributed by atoms with Crippen molar-refractivity contribution in [1.82, 2.24) is 5.01 Å². The molecular formula is C10H13BrN2. The van der Waals surface area contributed by atoms with Gasteiger partial charge in [0.2, 0.25) is 0 Å². The van der Waals surface area contributed by atoms with Crippen molar-refractivity contribution < 1.29 is 0 Å². The molecule has 2 nitrogen and oxygen atoms in total. The first kappa shape index (κ1) is 9.03. The Morgan fingerprint density at radius 3 is 2.85 bits per heavy atom. The van der Waals surface area contributed by atoms with E-state index in [1.165, 1.54) is 11.3 Å². The van der Waals surface area contributed by atoms with Gasteiger partial charge in [-0.3, -0.25) is 0 Å². The zero-order valence-corrected chi connectivity index (χ0v) is 9.50. The van der Waals surface area contributed by atoms with Crippen LogP contribution in [0.2, 0.25) is 0 Å². The van der Waals surface area contributed by atoms with E-state index in [-0.39, 0.29) is 0 Å². The molecule has 0 saturated heterocycles. The summed E-state index contributed by atoms with van der Waals surface area (Å²) in [5.41, 5.74) is 2.74. The Morgan fingerprint density at radius 1 is 1.31 bits per heavy atom. The van der Waals surface area contributed by atoms with Gasteiger partial charge in [-0.2, -0.15) is 0 Å². The van der Waals surface area contributed by atoms with Crippen molar-refractivity contribution in [3.8, 4) is 0 Å². The maximum Gasteiger partial charge on any atom is 0.0562 e. The molecule has 0 saturated carbocycles. The number of rotatable bonds is 0. The van der Waals surface area contributed by atoms with Crippen molar-refractivity contribution in [2.24, 2.45) is 0 Å². The molecule has 70 valence electrons. The number of hydrogen-bond donors (Lipinski definition) is 0. The van der Waals surface area contributed by atoms with Crippen LogP contribution in [0.3, 0.4) is 0 Å². The molecule has 0 N–H and O–H groups in total. The minimum Gasteiger partial charge on any atom is -0.309 e. The van der Waals surface area contributed by atoms with Crippen LogP contribution in [0.5, 0.6) is 0 Å². The fraction of sp³-hybridized carbons (Fsp3) is 0.400. The van der Waals surface area contributed by atoms with E-state index in [0.29, 0.717) is 0 Å². The van der Waals surface area contributed by atoms with Gasteiger partial charge < -0.3 is 5.01 Å². The minimum absolute atomic E-state index is 1.10. The highest BCUT2D eigenvalue weighted by atomic mass is 79.9. The summed E-state index contributed by atoms with van der Waals surface area (Å²) in [6.45, 7) is 1.10. The molecule has 2 rings (SSSR count). The van der Waals surface area contributed by atoms with Crippen LogP contribution in [0.1, 0.15) is 5.56 Å². The standard InChI is InChI=1S/C10H13BrN2/c1-12-6-5-8-3-4-9(11)7-10(8)13(12)2/h3-4,7H,5-6H2,1-2H3. The third-order valence-corrected chi connectivity index (χ3v) is 3.11. The first-order valence-corrected chi connectivity index (χ1v) is 5.21. The lowest BCUT2D eigenvalue weighted by Crippen LogP contribution is -2.41. The summed E-state index contributed by atoms with van der Waals surface area (Å²) in [4.78, 5) is 0. The van der Waals surface area contributed by atoms with E-state index >= 15 is 0 Å². The Balaban J connectivity index is 2.45. The summed E-state index contributed by atoms with van der Waals surface area (Å²) in [6, 6.07) is 6.48. The van der Waals surface area contributed by atoms with E-state index in [1.54, 1.807) is 0 Å². The second-order valence-corrected chi connectivity index (χ2v) is 4.34. The van der Waals surface area contributed by atoms with Gasteiger partial charge in [0.25, 0.3) is 0 Å². The first-order valence-electron chi connectivity index (χ1n) is 4.41. The van der Waals surface area contributed by atoms with Crippen LogP contribution in [0.15, 0.2) is 22.7 Å². The van der Waals surface area contributed by atoms with Gasteiger partial charge in [-0.25, -0.2) is 5.01 Å². The summed E-state index contributed by atoms with van der Waals surface area (Å²) in [5, 5.41) is 4.43. The average Bonchev–Trinajstić information content (AvgIpc) is 2.12. The molecule has 0 aliphatic carbocycles. The molecule has 1 aliphatic heterocycles. The lowest BCUT2D eigenvalue weighted by molar-refractivity contribution is 0.314. The normalized spacial score (nSPS) is 17.3. The second-order valence-electron chi connectivity index (χ2n) is 3.43. The molecule has 1 aliphatic rings. The minimum atomic E-state index is 1.10. The van der Waals surface area contributed by atoms with Crippen molar-refractivity contribution in [2.45, 2.75) is 6.42 Å². The van der Waals surface area contributed by atoms with Gasteiger partial charge in [0, 0.05) is 25.1 Å². The highest BCUT2D eigenvalue weighted by molar-refractivity contribution is 9.10. The third-order valence-electron chi connectivity index (χ3n) is 2.61. The van der Waals surface area contributed by atoms with Gasteiger partial charge >= 0.3 is 0 Å². The molecule has 0 unspecified atom stereocenters. The van der Waals surface area contributed by atoms with Crippen LogP contribution in [0, 0.1) is 0 Å². The number of anilines is 1. The van der Waals surface area contributed by atoms with Crippen LogP contribution in [-0.4, -0.2) is 25.6 Å². The van der Waals surface area contributed by atoms with Gasteiger partial charge in [-0.1, -0.05) is 22.0 Å². The molecule has 0 atom stereocenters. The SMILES string of the molecule is CN1CCc2ccc(Br)cc2N1C. The first-order chi connectivity index (χ1) is 6.18. The second kappa shape index (κ2) is 3.31. The van der Waals surface area contributed by atoms with E-state index in [4.69, 9.17) is 0 Å². The summed E-state index contributed by atoms with van der Waals surface area (Å²) < 4.78 is 1.15. The highest BCUT2D eigenvalue weighted by Gasteiger charge is 2.17. The van der Waals surface area contributed by atoms with Gasteiger partial charge in [0.05, 0.1) is 5.69 Å². The molecule has 13 heavy (non-hydrogen) atoms. The molecule has 1 heterocycles. The summed E-state index contributed by atoms with van der Waals surface area (Å²) in [6.07, 6.45) is 1.14. The number of hydrazine groups is 1. The zero-order valence-electron chi connectivity index (χ0n) is 7.92. The molecular weight excluding hydrogens is 228 g/mol. The van der Waals surface area contributed by atoms with Crippen LogP contribution < -0.4 is 5.01 Å². The zero-order chi connectivity index (χ0) is 9.42. The molecule has 0 amide bonds. The van der Waals surface area contributed by atoms with E-state index in [0.717, 1.165) is 17.4 Å². The molecule has 3 heteroatoms. The molecule has 0 radical (unpaired) electrons.